The zero-order chi connectivity index (χ0) is 13.3. The molecule has 2 aromatic rings. The van der Waals surface area contributed by atoms with Crippen molar-refractivity contribution in [3.63, 3.8) is 0 Å². The number of rotatable bonds is 3. The topological polar surface area (TPSA) is 74.8 Å². The van der Waals surface area contributed by atoms with Crippen molar-refractivity contribution in [1.29, 1.82) is 0 Å². The Bertz CT molecular complexity index is 662. The summed E-state index contributed by atoms with van der Waals surface area (Å²) in [6.45, 7) is 1.65. The maximum atomic E-state index is 12.2. The van der Waals surface area contributed by atoms with Crippen molar-refractivity contribution < 1.29 is 8.42 Å². The van der Waals surface area contributed by atoms with Gasteiger partial charge in [0.2, 0.25) is 0 Å². The Hall–Kier alpha value is -0.860. The quantitative estimate of drug-likeness (QED) is 0.839. The van der Waals surface area contributed by atoms with Crippen molar-refractivity contribution in [2.45, 2.75) is 11.8 Å². The monoisotopic (exact) mass is 393 g/mol. The number of para-hydroxylation sites is 1. The van der Waals surface area contributed by atoms with E-state index in [1.807, 2.05) is 0 Å². The van der Waals surface area contributed by atoms with Crippen molar-refractivity contribution >= 4 is 47.6 Å². The van der Waals surface area contributed by atoms with Gasteiger partial charge in [-0.3, -0.25) is 9.82 Å². The molecule has 5 nitrogen and oxygen atoms in total. The first-order chi connectivity index (χ1) is 8.42. The van der Waals surface area contributed by atoms with Crippen LogP contribution in [-0.2, 0) is 10.0 Å². The fraction of sp³-hybridized carbons (Fsp3) is 0.100. The van der Waals surface area contributed by atoms with Crippen LogP contribution >= 0.6 is 31.9 Å². The molecule has 1 heterocycles. The lowest BCUT2D eigenvalue weighted by molar-refractivity contribution is 0.600. The van der Waals surface area contributed by atoms with Crippen LogP contribution in [-0.4, -0.2) is 18.6 Å². The number of aromatic amines is 1. The van der Waals surface area contributed by atoms with Crippen molar-refractivity contribution in [1.82, 2.24) is 10.2 Å². The van der Waals surface area contributed by atoms with Gasteiger partial charge in [0.1, 0.15) is 4.90 Å². The number of H-pyrrole nitrogens is 1. The molecule has 0 unspecified atom stereocenters. The number of hydrogen-bond donors (Lipinski definition) is 2. The Kier molecular flexibility index (Phi) is 3.79. The molecule has 1 aromatic heterocycles. The minimum absolute atomic E-state index is 0.130. The Morgan fingerprint density at radius 3 is 2.39 bits per heavy atom. The van der Waals surface area contributed by atoms with E-state index in [1.54, 1.807) is 25.1 Å². The summed E-state index contributed by atoms with van der Waals surface area (Å²) in [5.41, 5.74) is 0.948. The highest BCUT2D eigenvalue weighted by Gasteiger charge is 2.20. The molecule has 18 heavy (non-hydrogen) atoms. The van der Waals surface area contributed by atoms with E-state index in [4.69, 9.17) is 0 Å². The number of aromatic nitrogens is 2. The van der Waals surface area contributed by atoms with Gasteiger partial charge in [-0.15, -0.1) is 0 Å². The molecule has 0 aliphatic heterocycles. The van der Waals surface area contributed by atoms with Crippen LogP contribution in [0.15, 0.2) is 38.2 Å². The molecule has 0 radical (unpaired) electrons. The molecular formula is C10H9Br2N3O2S. The first kappa shape index (κ1) is 13.6. The SMILES string of the molecule is Cc1[nH]ncc1S(=O)(=O)Nc1c(Br)cccc1Br. The van der Waals surface area contributed by atoms with Crippen LogP contribution in [0.25, 0.3) is 0 Å². The Labute approximate surface area is 121 Å². The highest BCUT2D eigenvalue weighted by atomic mass is 79.9. The van der Waals surface area contributed by atoms with Gasteiger partial charge in [-0.25, -0.2) is 8.42 Å². The summed E-state index contributed by atoms with van der Waals surface area (Å²) in [5, 5.41) is 6.30. The lowest BCUT2D eigenvalue weighted by Crippen LogP contribution is -2.14. The average Bonchev–Trinajstić information content (AvgIpc) is 2.71. The van der Waals surface area contributed by atoms with Gasteiger partial charge in [0.15, 0.2) is 0 Å². The zero-order valence-corrected chi connectivity index (χ0v) is 13.2. The van der Waals surface area contributed by atoms with E-state index in [9.17, 15) is 8.42 Å². The van der Waals surface area contributed by atoms with Crippen LogP contribution < -0.4 is 4.72 Å². The molecule has 1 aromatic carbocycles. The van der Waals surface area contributed by atoms with E-state index in [-0.39, 0.29) is 4.90 Å². The summed E-state index contributed by atoms with van der Waals surface area (Å²) in [6, 6.07) is 5.31. The molecule has 0 spiro atoms. The van der Waals surface area contributed by atoms with Crippen LogP contribution in [0, 0.1) is 6.92 Å². The molecule has 0 bridgehead atoms. The molecule has 0 amide bonds. The van der Waals surface area contributed by atoms with E-state index < -0.39 is 10.0 Å². The minimum Gasteiger partial charge on any atom is -0.281 e. The molecular weight excluding hydrogens is 386 g/mol. The predicted octanol–water partition coefficient (Wildman–Crippen LogP) is 3.04. The summed E-state index contributed by atoms with van der Waals surface area (Å²) < 4.78 is 28.2. The predicted molar refractivity (Wildman–Crippen MR) is 76.0 cm³/mol. The Morgan fingerprint density at radius 2 is 1.89 bits per heavy atom. The van der Waals surface area contributed by atoms with Crippen LogP contribution in [0.4, 0.5) is 5.69 Å². The van der Waals surface area contributed by atoms with E-state index in [2.05, 4.69) is 46.8 Å². The third-order valence-electron chi connectivity index (χ3n) is 2.27. The third-order valence-corrected chi connectivity index (χ3v) is 5.06. The number of anilines is 1. The first-order valence-electron chi connectivity index (χ1n) is 4.88. The second-order valence-corrected chi connectivity index (χ2v) is 6.92. The molecule has 2 rings (SSSR count). The Balaban J connectivity index is 2.44. The summed E-state index contributed by atoms with van der Waals surface area (Å²) in [4.78, 5) is 0.130. The Morgan fingerprint density at radius 1 is 1.28 bits per heavy atom. The second-order valence-electron chi connectivity index (χ2n) is 3.56. The molecule has 0 fully saturated rings. The number of halogens is 2. The number of sulfonamides is 1. The van der Waals surface area contributed by atoms with Gasteiger partial charge < -0.3 is 0 Å². The van der Waals surface area contributed by atoms with Crippen LogP contribution in [0.3, 0.4) is 0 Å². The smallest absolute Gasteiger partial charge is 0.265 e. The third kappa shape index (κ3) is 2.60. The summed E-state index contributed by atoms with van der Waals surface area (Å²) in [7, 11) is -3.65. The van der Waals surface area contributed by atoms with E-state index in [0.717, 1.165) is 0 Å². The number of nitrogens with one attached hydrogen (secondary N) is 2. The molecule has 0 saturated heterocycles. The normalized spacial score (nSPS) is 11.5. The maximum absolute atomic E-state index is 12.2. The lowest BCUT2D eigenvalue weighted by Gasteiger charge is -2.10. The maximum Gasteiger partial charge on any atom is 0.265 e. The number of nitrogens with zero attached hydrogens (tertiary/aromatic N) is 1. The van der Waals surface area contributed by atoms with E-state index in [0.29, 0.717) is 20.3 Å². The fourth-order valence-corrected chi connectivity index (χ4v) is 4.09. The number of hydrogen-bond acceptors (Lipinski definition) is 3. The molecule has 0 aliphatic carbocycles. The van der Waals surface area contributed by atoms with Gasteiger partial charge in [-0.1, -0.05) is 6.07 Å². The van der Waals surface area contributed by atoms with Crippen molar-refractivity contribution in [3.05, 3.63) is 39.0 Å². The van der Waals surface area contributed by atoms with Gasteiger partial charge in [-0.2, -0.15) is 5.10 Å². The summed E-state index contributed by atoms with van der Waals surface area (Å²) in [6.07, 6.45) is 1.28. The summed E-state index contributed by atoms with van der Waals surface area (Å²) in [5.74, 6) is 0. The average molecular weight is 395 g/mol. The highest BCUT2D eigenvalue weighted by molar-refractivity contribution is 9.11. The molecule has 2 N–H and O–H groups in total. The lowest BCUT2D eigenvalue weighted by atomic mass is 10.3. The van der Waals surface area contributed by atoms with E-state index in [1.165, 1.54) is 6.20 Å². The second kappa shape index (κ2) is 5.02. The first-order valence-corrected chi connectivity index (χ1v) is 7.95. The number of aryl methyl sites for hydroxylation is 1. The molecule has 96 valence electrons. The van der Waals surface area contributed by atoms with Crippen molar-refractivity contribution in [2.75, 3.05) is 4.72 Å². The van der Waals surface area contributed by atoms with Crippen LogP contribution in [0.2, 0.25) is 0 Å². The largest absolute Gasteiger partial charge is 0.281 e. The summed E-state index contributed by atoms with van der Waals surface area (Å²) >= 11 is 6.60. The zero-order valence-electron chi connectivity index (χ0n) is 9.24. The van der Waals surface area contributed by atoms with Gasteiger partial charge in [0.05, 0.1) is 17.6 Å². The van der Waals surface area contributed by atoms with Gasteiger partial charge in [0, 0.05) is 8.95 Å². The van der Waals surface area contributed by atoms with Gasteiger partial charge >= 0.3 is 0 Å². The molecule has 8 heteroatoms. The van der Waals surface area contributed by atoms with Crippen LogP contribution in [0.5, 0.6) is 0 Å². The van der Waals surface area contributed by atoms with Crippen LogP contribution in [0.1, 0.15) is 5.69 Å². The standard InChI is InChI=1S/C10H9Br2N3O2S/c1-6-9(5-13-14-6)18(16,17)15-10-7(11)3-2-4-8(10)12/h2-5,15H,1H3,(H,13,14). The van der Waals surface area contributed by atoms with Gasteiger partial charge in [-0.05, 0) is 50.9 Å². The van der Waals surface area contributed by atoms with E-state index >= 15 is 0 Å². The minimum atomic E-state index is -3.65. The number of benzene rings is 1. The highest BCUT2D eigenvalue weighted by Crippen LogP contribution is 2.32. The van der Waals surface area contributed by atoms with Crippen molar-refractivity contribution in [3.8, 4) is 0 Å². The molecule has 0 saturated carbocycles. The molecule has 0 atom stereocenters. The van der Waals surface area contributed by atoms with Crippen molar-refractivity contribution in [2.24, 2.45) is 0 Å². The molecule has 0 aliphatic rings. The van der Waals surface area contributed by atoms with Gasteiger partial charge in [0.25, 0.3) is 10.0 Å². The fourth-order valence-electron chi connectivity index (χ4n) is 1.40.